The number of amides is 1. The third-order valence-corrected chi connectivity index (χ3v) is 6.87. The van der Waals surface area contributed by atoms with Crippen LogP contribution in [0.25, 0.3) is 11.3 Å². The lowest BCUT2D eigenvalue weighted by atomic mass is 9.72. The molecule has 0 unspecified atom stereocenters. The minimum atomic E-state index is -0.781. The molecule has 186 valence electrons. The molecule has 1 aliphatic carbocycles. The number of halogens is 2. The third kappa shape index (κ3) is 5.32. The predicted molar refractivity (Wildman–Crippen MR) is 136 cm³/mol. The minimum Gasteiger partial charge on any atom is -0.380 e. The Balaban J connectivity index is 1.61. The normalized spacial score (nSPS) is 21.8. The van der Waals surface area contributed by atoms with Crippen molar-refractivity contribution in [1.82, 2.24) is 9.97 Å². The number of aromatic nitrogens is 2. The van der Waals surface area contributed by atoms with Gasteiger partial charge < -0.3 is 15.8 Å². The molecule has 3 N–H and O–H groups in total. The second-order valence-electron chi connectivity index (χ2n) is 9.23. The van der Waals surface area contributed by atoms with Gasteiger partial charge >= 0.3 is 0 Å². The molecule has 3 aromatic rings. The number of ether oxygens (including phenoxy) is 1. The maximum Gasteiger partial charge on any atom is 0.274 e. The highest BCUT2D eigenvalue weighted by Crippen LogP contribution is 2.41. The maximum atomic E-state index is 14.6. The van der Waals surface area contributed by atoms with Crippen molar-refractivity contribution >= 4 is 24.9 Å². The third-order valence-electron chi connectivity index (χ3n) is 6.87. The quantitative estimate of drug-likeness (QED) is 0.487. The zero-order valence-corrected chi connectivity index (χ0v) is 20.4. The van der Waals surface area contributed by atoms with Crippen molar-refractivity contribution in [3.63, 3.8) is 0 Å². The largest absolute Gasteiger partial charge is 0.380 e. The van der Waals surface area contributed by atoms with Gasteiger partial charge in [-0.25, -0.2) is 13.8 Å². The zero-order valence-electron chi connectivity index (χ0n) is 20.4. The Morgan fingerprint density at radius 2 is 2.00 bits per heavy atom. The molecule has 4 rings (SSSR count). The Morgan fingerprint density at radius 1 is 1.19 bits per heavy atom. The van der Waals surface area contributed by atoms with Gasteiger partial charge in [-0.1, -0.05) is 30.9 Å². The van der Waals surface area contributed by atoms with Gasteiger partial charge in [-0.2, -0.15) is 0 Å². The molecule has 1 saturated carbocycles. The predicted octanol–water partition coefficient (Wildman–Crippen LogP) is 4.10. The van der Waals surface area contributed by atoms with E-state index in [9.17, 15) is 13.6 Å². The van der Waals surface area contributed by atoms with Crippen molar-refractivity contribution in [1.29, 1.82) is 0 Å². The number of anilines is 1. The molecule has 1 amide bonds. The molecule has 0 spiro atoms. The fraction of sp³-hybridized carbons (Fsp3) is 0.370. The van der Waals surface area contributed by atoms with Gasteiger partial charge in [-0.15, -0.1) is 0 Å². The lowest BCUT2D eigenvalue weighted by molar-refractivity contribution is -0.000479. The van der Waals surface area contributed by atoms with E-state index in [1.54, 1.807) is 19.5 Å². The first-order chi connectivity index (χ1) is 17.3. The molecule has 2 aromatic heterocycles. The Labute approximate surface area is 211 Å². The first-order valence-electron chi connectivity index (χ1n) is 12.1. The van der Waals surface area contributed by atoms with E-state index in [4.69, 9.17) is 18.3 Å². The van der Waals surface area contributed by atoms with Crippen molar-refractivity contribution < 1.29 is 18.3 Å². The average molecular weight is 490 g/mol. The molecule has 9 heteroatoms. The van der Waals surface area contributed by atoms with Gasteiger partial charge in [0, 0.05) is 24.9 Å². The summed E-state index contributed by atoms with van der Waals surface area (Å²) in [5, 5.41) is 2.85. The van der Waals surface area contributed by atoms with Gasteiger partial charge in [0.05, 0.1) is 18.0 Å². The molecule has 1 aliphatic rings. The van der Waals surface area contributed by atoms with Crippen LogP contribution in [-0.2, 0) is 4.74 Å². The highest BCUT2D eigenvalue weighted by molar-refractivity contribution is 6.35. The van der Waals surface area contributed by atoms with Crippen LogP contribution in [0, 0.1) is 17.6 Å². The fourth-order valence-corrected chi connectivity index (χ4v) is 5.27. The number of nitrogens with zero attached hydrogens (tertiary/aromatic N) is 2. The molecule has 1 aromatic carbocycles. The van der Waals surface area contributed by atoms with Crippen LogP contribution < -0.4 is 16.5 Å². The van der Waals surface area contributed by atoms with Crippen molar-refractivity contribution in [3.8, 4) is 11.3 Å². The van der Waals surface area contributed by atoms with Crippen molar-refractivity contribution in [2.24, 2.45) is 11.7 Å². The molecule has 0 bridgehead atoms. The molecule has 2 heterocycles. The Kier molecular flexibility index (Phi) is 8.11. The second kappa shape index (κ2) is 11.3. The van der Waals surface area contributed by atoms with E-state index in [1.807, 2.05) is 6.07 Å². The van der Waals surface area contributed by atoms with Crippen LogP contribution in [-0.4, -0.2) is 43.0 Å². The molecule has 0 aliphatic heterocycles. The number of nitrogens with two attached hydrogens (primary N) is 1. The number of hydrogen-bond acceptors (Lipinski definition) is 5. The van der Waals surface area contributed by atoms with Crippen molar-refractivity contribution in [2.75, 3.05) is 12.4 Å². The number of rotatable bonds is 7. The number of benzene rings is 1. The topological polar surface area (TPSA) is 90.1 Å². The maximum absolute atomic E-state index is 14.6. The number of methoxy groups -OCH3 is 1. The lowest BCUT2D eigenvalue weighted by Gasteiger charge is -2.40. The molecular weight excluding hydrogens is 461 g/mol. The summed E-state index contributed by atoms with van der Waals surface area (Å²) >= 11 is 0. The average Bonchev–Trinajstić information content (AvgIpc) is 2.85. The first kappa shape index (κ1) is 25.9. The van der Waals surface area contributed by atoms with Crippen LogP contribution in [0.3, 0.4) is 0 Å². The van der Waals surface area contributed by atoms with E-state index in [2.05, 4.69) is 22.2 Å². The monoisotopic (exact) mass is 490 g/mol. The highest BCUT2D eigenvalue weighted by Gasteiger charge is 2.37. The van der Waals surface area contributed by atoms with E-state index in [0.29, 0.717) is 18.0 Å². The van der Waals surface area contributed by atoms with E-state index < -0.39 is 17.5 Å². The molecule has 4 atom stereocenters. The van der Waals surface area contributed by atoms with Crippen molar-refractivity contribution in [2.45, 2.75) is 50.7 Å². The molecule has 1 fully saturated rings. The van der Waals surface area contributed by atoms with E-state index in [1.165, 1.54) is 18.2 Å². The zero-order chi connectivity index (χ0) is 25.8. The number of carbonyl (C=O) groups excluding carboxylic acids is 1. The van der Waals surface area contributed by atoms with Crippen LogP contribution in [0.2, 0.25) is 0 Å². The van der Waals surface area contributed by atoms with Crippen LogP contribution in [0.5, 0.6) is 0 Å². The fourth-order valence-electron chi connectivity index (χ4n) is 5.27. The lowest BCUT2D eigenvalue weighted by Crippen LogP contribution is -2.46. The summed E-state index contributed by atoms with van der Waals surface area (Å²) in [7, 11) is 7.56. The Morgan fingerprint density at radius 3 is 2.72 bits per heavy atom. The minimum absolute atomic E-state index is 0.00580. The van der Waals surface area contributed by atoms with Gasteiger partial charge in [-0.3, -0.25) is 9.78 Å². The molecule has 36 heavy (non-hydrogen) atoms. The summed E-state index contributed by atoms with van der Waals surface area (Å²) in [6, 6.07) is 8.11. The van der Waals surface area contributed by atoms with Crippen LogP contribution in [0.4, 0.5) is 14.5 Å². The smallest absolute Gasteiger partial charge is 0.274 e. The summed E-state index contributed by atoms with van der Waals surface area (Å²) in [6.45, 7) is 2.14. The first-order valence-corrected chi connectivity index (χ1v) is 12.1. The summed E-state index contributed by atoms with van der Waals surface area (Å²) in [6.07, 6.45) is 6.86. The molecular formula is C27H29BF2N4O2. The van der Waals surface area contributed by atoms with Gasteiger partial charge in [-0.05, 0) is 60.9 Å². The summed E-state index contributed by atoms with van der Waals surface area (Å²) in [5.41, 5.74) is 7.37. The number of hydrogen-bond donors (Lipinski definition) is 2. The van der Waals surface area contributed by atoms with E-state index in [-0.39, 0.29) is 40.5 Å². The highest BCUT2D eigenvalue weighted by atomic mass is 19.1. The second-order valence-corrected chi connectivity index (χ2v) is 9.23. The van der Waals surface area contributed by atoms with Crippen LogP contribution in [0.1, 0.15) is 54.6 Å². The molecule has 6 nitrogen and oxygen atoms in total. The van der Waals surface area contributed by atoms with Crippen LogP contribution in [0.15, 0.2) is 48.8 Å². The van der Waals surface area contributed by atoms with E-state index in [0.717, 1.165) is 37.0 Å². The SMILES string of the molecule is [B]c1cccc(F)c1-c1nc(C(=O)Nc2cnccc2[C@@H]2C[C@H](CCC)[C@@H](OC)[C@H](N)C2)ccc1F. The molecule has 2 radical (unpaired) electrons. The number of pyridine rings is 2. The van der Waals surface area contributed by atoms with Crippen LogP contribution >= 0.6 is 0 Å². The van der Waals surface area contributed by atoms with Gasteiger partial charge in [0.25, 0.3) is 5.91 Å². The summed E-state index contributed by atoms with van der Waals surface area (Å²) < 4.78 is 34.7. The molecule has 0 saturated heterocycles. The van der Waals surface area contributed by atoms with E-state index >= 15 is 0 Å². The Bertz CT molecular complexity index is 1220. The standard InChI is InChI=1S/C27H29BF2N4O2/c1-3-5-15-12-16(13-21(31)26(15)36-2)17-10-11-32-14-23(17)34-27(35)22-9-8-20(30)25(33-22)24-18(28)6-4-7-19(24)29/h4,6-11,14-16,21,26H,3,5,12-13,31H2,1-2H3,(H,34,35)/t15-,16+,21+,26+/m0/s1. The van der Waals surface area contributed by atoms with Gasteiger partial charge in [0.2, 0.25) is 0 Å². The number of nitrogens with one attached hydrogen (secondary N) is 1. The summed E-state index contributed by atoms with van der Waals surface area (Å²) in [5.74, 6) is -1.66. The van der Waals surface area contributed by atoms with Gasteiger partial charge in [0.1, 0.15) is 30.9 Å². The van der Waals surface area contributed by atoms with Crippen molar-refractivity contribution in [3.05, 3.63) is 71.7 Å². The Hall–Kier alpha value is -3.17. The van der Waals surface area contributed by atoms with Gasteiger partial charge in [0.15, 0.2) is 0 Å². The summed E-state index contributed by atoms with van der Waals surface area (Å²) in [4.78, 5) is 21.4. The number of carbonyl (C=O) groups is 1.